The number of ether oxygens (including phenoxy) is 3. The Labute approximate surface area is 430 Å². The topological polar surface area (TPSA) is 143 Å². The molecule has 70 heavy (non-hydrogen) atoms. The molecule has 10 heteroatoms. The van der Waals surface area contributed by atoms with Crippen molar-refractivity contribution in [2.45, 2.75) is 289 Å². The molecule has 3 unspecified atom stereocenters. The second-order valence-electron chi connectivity index (χ2n) is 20.1. The second-order valence-corrected chi connectivity index (χ2v) is 20.1. The Bertz CT molecular complexity index is 1090. The molecule has 3 atom stereocenters. The van der Waals surface area contributed by atoms with Crippen molar-refractivity contribution in [1.82, 2.24) is 4.90 Å². The van der Waals surface area contributed by atoms with E-state index in [1.54, 1.807) is 0 Å². The molecule has 0 heterocycles. The molecule has 0 saturated heterocycles. The van der Waals surface area contributed by atoms with E-state index in [1.807, 2.05) is 4.90 Å². The molecule has 0 aromatic heterocycles. The number of unbranched alkanes of at least 4 members (excludes halogenated alkanes) is 24. The van der Waals surface area contributed by atoms with Crippen LogP contribution >= 0.6 is 0 Å². The highest BCUT2D eigenvalue weighted by atomic mass is 16.5. The third-order valence-electron chi connectivity index (χ3n) is 13.2. The minimum atomic E-state index is -0.222. The summed E-state index contributed by atoms with van der Waals surface area (Å²) < 4.78 is 16.8. The summed E-state index contributed by atoms with van der Waals surface area (Å²) in [5.74, 6) is -0.601. The average Bonchev–Trinajstić information content (AvgIpc) is 3.34. The fraction of sp³-hybridized carbons (Fsp3) is 0.850. The Morgan fingerprint density at radius 3 is 0.900 bits per heavy atom. The van der Waals surface area contributed by atoms with Gasteiger partial charge in [0, 0.05) is 38.9 Å². The number of carbonyl (C=O) groups excluding carboxylic acids is 3. The van der Waals surface area contributed by atoms with Crippen molar-refractivity contribution >= 4 is 17.9 Å². The van der Waals surface area contributed by atoms with Crippen LogP contribution in [-0.2, 0) is 28.6 Å². The van der Waals surface area contributed by atoms with E-state index in [-0.39, 0.29) is 56.0 Å². The van der Waals surface area contributed by atoms with Crippen LogP contribution in [0.15, 0.2) is 36.5 Å². The van der Waals surface area contributed by atoms with E-state index in [0.29, 0.717) is 38.9 Å². The van der Waals surface area contributed by atoms with Gasteiger partial charge in [0.2, 0.25) is 0 Å². The van der Waals surface area contributed by atoms with Crippen LogP contribution in [0.25, 0.3) is 0 Å². The minimum absolute atomic E-state index is 0.200. The number of nitrogens with zero attached hydrogens (tertiary/aromatic N) is 1. The van der Waals surface area contributed by atoms with Gasteiger partial charge in [-0.05, 0) is 96.3 Å². The summed E-state index contributed by atoms with van der Waals surface area (Å²) in [4.78, 5) is 39.7. The third kappa shape index (κ3) is 51.8. The van der Waals surface area contributed by atoms with Crippen LogP contribution in [0.4, 0.5) is 0 Å². The van der Waals surface area contributed by atoms with Crippen LogP contribution in [0.2, 0.25) is 0 Å². The van der Waals surface area contributed by atoms with Crippen LogP contribution in [0.3, 0.4) is 0 Å². The molecule has 0 spiro atoms. The summed E-state index contributed by atoms with van der Waals surface area (Å²) in [6.07, 6.45) is 51.1. The van der Waals surface area contributed by atoms with Crippen LogP contribution in [0.1, 0.15) is 271 Å². The molecule has 0 saturated carbocycles. The van der Waals surface area contributed by atoms with Gasteiger partial charge in [0.25, 0.3) is 0 Å². The van der Waals surface area contributed by atoms with Gasteiger partial charge < -0.3 is 29.5 Å². The van der Waals surface area contributed by atoms with Crippen molar-refractivity contribution < 1.29 is 43.9 Å². The molecule has 0 aliphatic carbocycles. The third-order valence-corrected chi connectivity index (χ3v) is 13.2. The fourth-order valence-corrected chi connectivity index (χ4v) is 8.49. The second kappa shape index (κ2) is 54.2. The maximum atomic E-state index is 12.5. The smallest absolute Gasteiger partial charge is 0.305 e. The van der Waals surface area contributed by atoms with E-state index in [4.69, 9.17) is 14.2 Å². The molecule has 0 radical (unpaired) electrons. The summed E-state index contributed by atoms with van der Waals surface area (Å²) in [5.41, 5.74) is 0. The molecule has 3 N–H and O–H groups in total. The first kappa shape index (κ1) is 67.5. The highest BCUT2D eigenvalue weighted by molar-refractivity contribution is 5.70. The molecule has 0 aliphatic rings. The first-order valence-electron chi connectivity index (χ1n) is 29.4. The lowest BCUT2D eigenvalue weighted by molar-refractivity contribution is -0.144. The van der Waals surface area contributed by atoms with Crippen LogP contribution in [-0.4, -0.2) is 95.9 Å². The quantitative estimate of drug-likeness (QED) is 0.0233. The van der Waals surface area contributed by atoms with Crippen molar-refractivity contribution in [2.24, 2.45) is 0 Å². The number of aliphatic hydroxyl groups is 3. The number of rotatable bonds is 54. The van der Waals surface area contributed by atoms with Crippen molar-refractivity contribution in [2.75, 3.05) is 39.5 Å². The SMILES string of the molecule is CCCCCCC(O)C/C=C/CCCCCCCC(=O)OCCN(CCOC(=O)CCCCCCC/C=C/CC(O)CCCCCC)CCOC(=O)CCCCCCC/C=C/CC(O)CCCCCC. The van der Waals surface area contributed by atoms with Crippen molar-refractivity contribution in [1.29, 1.82) is 0 Å². The summed E-state index contributed by atoms with van der Waals surface area (Å²) in [6.45, 7) is 8.70. The fourth-order valence-electron chi connectivity index (χ4n) is 8.49. The summed E-state index contributed by atoms with van der Waals surface area (Å²) in [6, 6.07) is 0. The van der Waals surface area contributed by atoms with Gasteiger partial charge in [-0.3, -0.25) is 19.3 Å². The van der Waals surface area contributed by atoms with Crippen molar-refractivity contribution in [3.63, 3.8) is 0 Å². The minimum Gasteiger partial charge on any atom is -0.464 e. The Hall–Kier alpha value is -2.53. The Morgan fingerprint density at radius 1 is 0.357 bits per heavy atom. The number of aliphatic hydroxyl groups excluding tert-OH is 3. The van der Waals surface area contributed by atoms with E-state index in [0.717, 1.165) is 173 Å². The Balaban J connectivity index is 4.45. The molecule has 0 aromatic rings. The van der Waals surface area contributed by atoms with E-state index in [9.17, 15) is 29.7 Å². The van der Waals surface area contributed by atoms with Gasteiger partial charge in [-0.2, -0.15) is 0 Å². The van der Waals surface area contributed by atoms with Gasteiger partial charge in [0.1, 0.15) is 19.8 Å². The van der Waals surface area contributed by atoms with Crippen molar-refractivity contribution in [3.05, 3.63) is 36.5 Å². The normalized spacial score (nSPS) is 13.2. The van der Waals surface area contributed by atoms with Crippen molar-refractivity contribution in [3.8, 4) is 0 Å². The van der Waals surface area contributed by atoms with Crippen LogP contribution in [0.5, 0.6) is 0 Å². The molecular weight excluding hydrogens is 879 g/mol. The molecular formula is C60H111NO9. The lowest BCUT2D eigenvalue weighted by atomic mass is 10.1. The van der Waals surface area contributed by atoms with E-state index in [1.165, 1.54) is 57.8 Å². The van der Waals surface area contributed by atoms with Gasteiger partial charge >= 0.3 is 17.9 Å². The van der Waals surface area contributed by atoms with E-state index in [2.05, 4.69) is 57.2 Å². The van der Waals surface area contributed by atoms with Crippen LogP contribution in [0, 0.1) is 0 Å². The maximum absolute atomic E-state index is 12.5. The molecule has 0 aromatic carbocycles. The maximum Gasteiger partial charge on any atom is 0.305 e. The number of esters is 3. The van der Waals surface area contributed by atoms with Gasteiger partial charge in [0.05, 0.1) is 18.3 Å². The zero-order valence-corrected chi connectivity index (χ0v) is 45.8. The lowest BCUT2D eigenvalue weighted by Gasteiger charge is -2.22. The molecule has 0 amide bonds. The predicted molar refractivity (Wildman–Crippen MR) is 292 cm³/mol. The lowest BCUT2D eigenvalue weighted by Crippen LogP contribution is -2.35. The zero-order valence-electron chi connectivity index (χ0n) is 45.8. The number of hydrogen-bond donors (Lipinski definition) is 3. The van der Waals surface area contributed by atoms with Crippen LogP contribution < -0.4 is 0 Å². The van der Waals surface area contributed by atoms with E-state index < -0.39 is 0 Å². The van der Waals surface area contributed by atoms with Gasteiger partial charge in [-0.25, -0.2) is 0 Å². The average molecular weight is 991 g/mol. The standard InChI is InChI=1S/C60H111NO9/c1-4-7-10-31-40-55(62)43-34-25-19-13-16-22-28-37-46-58(65)68-52-49-61(50-53-69-59(66)47-38-29-23-17-14-20-26-35-44-56(63)41-32-11-8-5-2)51-54-70-60(67)48-39-30-24-18-15-21-27-36-45-57(64)42-33-12-9-6-3/h25-27,34-36,55-57,62-64H,4-24,28-33,37-54H2,1-3H3/b34-25+,35-26+,36-27+. The van der Waals surface area contributed by atoms with Gasteiger partial charge in [0.15, 0.2) is 0 Å². The molecule has 0 bridgehead atoms. The summed E-state index contributed by atoms with van der Waals surface area (Å²) >= 11 is 0. The molecule has 10 nitrogen and oxygen atoms in total. The number of carbonyl (C=O) groups is 3. The van der Waals surface area contributed by atoms with E-state index >= 15 is 0 Å². The highest BCUT2D eigenvalue weighted by Gasteiger charge is 2.12. The number of hydrogen-bond acceptors (Lipinski definition) is 10. The monoisotopic (exact) mass is 990 g/mol. The molecule has 410 valence electrons. The molecule has 0 rings (SSSR count). The first-order valence-corrected chi connectivity index (χ1v) is 29.4. The van der Waals surface area contributed by atoms with Gasteiger partial charge in [-0.1, -0.05) is 192 Å². The number of allylic oxidation sites excluding steroid dienone is 3. The summed E-state index contributed by atoms with van der Waals surface area (Å²) in [7, 11) is 0. The zero-order chi connectivity index (χ0) is 51.2. The molecule has 0 fully saturated rings. The van der Waals surface area contributed by atoms with Gasteiger partial charge in [-0.15, -0.1) is 0 Å². The molecule has 0 aliphatic heterocycles. The summed E-state index contributed by atoms with van der Waals surface area (Å²) in [5, 5.41) is 30.4. The predicted octanol–water partition coefficient (Wildman–Crippen LogP) is 14.9. The largest absolute Gasteiger partial charge is 0.464 e. The Morgan fingerprint density at radius 2 is 0.614 bits per heavy atom. The highest BCUT2D eigenvalue weighted by Crippen LogP contribution is 2.15. The first-order chi connectivity index (χ1) is 34.2. The Kier molecular flexibility index (Phi) is 52.3.